The number of benzene rings is 1. The second-order valence-electron chi connectivity index (χ2n) is 5.46. The first-order chi connectivity index (χ1) is 12.4. The molecule has 0 saturated heterocycles. The summed E-state index contributed by atoms with van der Waals surface area (Å²) in [4.78, 5) is 24.8. The van der Waals surface area contributed by atoms with Crippen LogP contribution in [0.15, 0.2) is 27.8 Å². The summed E-state index contributed by atoms with van der Waals surface area (Å²) in [7, 11) is 2.97. The van der Waals surface area contributed by atoms with Crippen LogP contribution >= 0.6 is 0 Å². The average molecular weight is 364 g/mol. The maximum absolute atomic E-state index is 13.9. The summed E-state index contributed by atoms with van der Waals surface area (Å²) in [6, 6.07) is 2.92. The van der Waals surface area contributed by atoms with Crippen LogP contribution in [0, 0.1) is 11.6 Å². The van der Waals surface area contributed by atoms with Crippen LogP contribution in [0.2, 0.25) is 0 Å². The summed E-state index contributed by atoms with van der Waals surface area (Å²) in [5, 5.41) is 17.5. The van der Waals surface area contributed by atoms with Crippen LogP contribution in [0.4, 0.5) is 14.7 Å². The van der Waals surface area contributed by atoms with Crippen molar-refractivity contribution in [3.05, 3.63) is 61.9 Å². The highest BCUT2D eigenvalue weighted by atomic mass is 19.1. The van der Waals surface area contributed by atoms with Gasteiger partial charge >= 0.3 is 5.69 Å². The molecule has 26 heavy (non-hydrogen) atoms. The molecule has 1 N–H and O–H groups in total. The van der Waals surface area contributed by atoms with Crippen LogP contribution in [0.3, 0.4) is 0 Å². The van der Waals surface area contributed by atoms with E-state index in [2.05, 4.69) is 25.9 Å². The van der Waals surface area contributed by atoms with Crippen molar-refractivity contribution in [2.75, 3.05) is 5.32 Å². The van der Waals surface area contributed by atoms with Gasteiger partial charge in [0.15, 0.2) is 0 Å². The lowest BCUT2D eigenvalue weighted by Crippen LogP contribution is -2.43. The summed E-state index contributed by atoms with van der Waals surface area (Å²) in [6.45, 7) is -0.397. The maximum atomic E-state index is 13.9. The Labute approximate surface area is 144 Å². The molecular weight excluding hydrogens is 350 g/mol. The fraction of sp³-hybridized carbons (Fsp3) is 0.286. The van der Waals surface area contributed by atoms with Gasteiger partial charge in [-0.1, -0.05) is 11.2 Å². The van der Waals surface area contributed by atoms with Gasteiger partial charge in [0, 0.05) is 25.7 Å². The second kappa shape index (κ2) is 6.82. The minimum atomic E-state index is -0.847. The first-order valence-corrected chi connectivity index (χ1v) is 7.44. The fourth-order valence-electron chi connectivity index (χ4n) is 2.30. The van der Waals surface area contributed by atoms with Crippen molar-refractivity contribution in [3.8, 4) is 0 Å². The number of anilines is 1. The summed E-state index contributed by atoms with van der Waals surface area (Å²) < 4.78 is 30.0. The first kappa shape index (κ1) is 17.4. The van der Waals surface area contributed by atoms with Crippen molar-refractivity contribution in [2.24, 2.45) is 14.1 Å². The highest BCUT2D eigenvalue weighted by Crippen LogP contribution is 2.10. The molecule has 0 aliphatic heterocycles. The molecular formula is C14H14F2N8O2. The predicted octanol–water partition coefficient (Wildman–Crippen LogP) is -0.596. The van der Waals surface area contributed by atoms with Crippen LogP contribution in [0.25, 0.3) is 0 Å². The van der Waals surface area contributed by atoms with Gasteiger partial charge in [-0.15, -0.1) is 0 Å². The zero-order valence-electron chi connectivity index (χ0n) is 13.8. The number of tetrazole rings is 1. The SMILES string of the molecule is Cn1nnnc1NCc1nn(C)c(=O)n(Cc2ccc(F)cc2F)c1=O. The number of nitrogens with zero attached hydrogens (tertiary/aromatic N) is 7. The highest BCUT2D eigenvalue weighted by Gasteiger charge is 2.15. The third-order valence-electron chi connectivity index (χ3n) is 3.65. The lowest BCUT2D eigenvalue weighted by molar-refractivity contribution is 0.531. The number of aromatic nitrogens is 7. The molecule has 0 fully saturated rings. The van der Waals surface area contributed by atoms with E-state index in [0.717, 1.165) is 15.3 Å². The number of hydrogen-bond donors (Lipinski definition) is 1. The Morgan fingerprint density at radius 1 is 1.15 bits per heavy atom. The lowest BCUT2D eigenvalue weighted by atomic mass is 10.2. The van der Waals surface area contributed by atoms with Crippen molar-refractivity contribution in [1.82, 2.24) is 34.6 Å². The van der Waals surface area contributed by atoms with Gasteiger partial charge in [0.1, 0.15) is 17.3 Å². The molecule has 136 valence electrons. The average Bonchev–Trinajstić information content (AvgIpc) is 3.00. The molecule has 0 atom stereocenters. The molecule has 1 aromatic carbocycles. The third kappa shape index (κ3) is 3.34. The Bertz CT molecular complexity index is 1070. The minimum Gasteiger partial charge on any atom is -0.347 e. The summed E-state index contributed by atoms with van der Waals surface area (Å²) in [6.07, 6.45) is 0. The van der Waals surface area contributed by atoms with Gasteiger partial charge in [-0.05, 0) is 16.5 Å². The molecule has 0 saturated carbocycles. The summed E-state index contributed by atoms with van der Waals surface area (Å²) in [5.41, 5.74) is -1.40. The fourth-order valence-corrected chi connectivity index (χ4v) is 2.30. The molecule has 2 heterocycles. The monoisotopic (exact) mass is 364 g/mol. The second-order valence-corrected chi connectivity index (χ2v) is 5.46. The molecule has 0 aliphatic rings. The lowest BCUT2D eigenvalue weighted by Gasteiger charge is -2.10. The van der Waals surface area contributed by atoms with Gasteiger partial charge in [-0.25, -0.2) is 22.9 Å². The largest absolute Gasteiger partial charge is 0.347 e. The third-order valence-corrected chi connectivity index (χ3v) is 3.65. The normalized spacial score (nSPS) is 10.9. The van der Waals surface area contributed by atoms with Crippen LogP contribution in [-0.4, -0.2) is 34.6 Å². The van der Waals surface area contributed by atoms with E-state index in [1.54, 1.807) is 7.05 Å². The smallest absolute Gasteiger partial charge is 0.347 e. The highest BCUT2D eigenvalue weighted by molar-refractivity contribution is 5.22. The van der Waals surface area contributed by atoms with E-state index in [9.17, 15) is 18.4 Å². The van der Waals surface area contributed by atoms with Crippen LogP contribution in [-0.2, 0) is 27.2 Å². The van der Waals surface area contributed by atoms with Crippen LogP contribution < -0.4 is 16.6 Å². The molecule has 0 spiro atoms. The van der Waals surface area contributed by atoms with E-state index in [1.165, 1.54) is 17.8 Å². The topological polar surface area (TPSA) is 113 Å². The minimum absolute atomic E-state index is 0.00760. The van der Waals surface area contributed by atoms with Crippen molar-refractivity contribution in [2.45, 2.75) is 13.1 Å². The molecule has 12 heteroatoms. The Balaban J connectivity index is 1.95. The molecule has 0 aliphatic carbocycles. The number of rotatable bonds is 5. The molecule has 0 radical (unpaired) electrons. The molecule has 0 bridgehead atoms. The van der Waals surface area contributed by atoms with Crippen LogP contribution in [0.5, 0.6) is 0 Å². The number of hydrogen-bond acceptors (Lipinski definition) is 7. The van der Waals surface area contributed by atoms with E-state index < -0.39 is 22.9 Å². The number of aryl methyl sites for hydroxylation is 2. The van der Waals surface area contributed by atoms with E-state index in [4.69, 9.17) is 0 Å². The van der Waals surface area contributed by atoms with Gasteiger partial charge in [0.25, 0.3) is 5.56 Å². The van der Waals surface area contributed by atoms with E-state index in [-0.39, 0.29) is 24.3 Å². The molecule has 10 nitrogen and oxygen atoms in total. The van der Waals surface area contributed by atoms with Gasteiger partial charge in [-0.3, -0.25) is 9.36 Å². The molecule has 0 unspecified atom stereocenters. The van der Waals surface area contributed by atoms with Gasteiger partial charge in [-0.2, -0.15) is 5.10 Å². The molecule has 2 aromatic heterocycles. The Hall–Kier alpha value is -3.44. The standard InChI is InChI=1S/C14H14F2N8O2/c1-22-13(18-20-21-22)17-6-11-12(25)24(14(26)23(2)19-11)7-8-3-4-9(15)5-10(8)16/h3-5H,6-7H2,1-2H3,(H,17,18,21). The quantitative estimate of drug-likeness (QED) is 0.643. The maximum Gasteiger partial charge on any atom is 0.347 e. The van der Waals surface area contributed by atoms with Crippen molar-refractivity contribution in [1.29, 1.82) is 0 Å². The molecule has 0 amide bonds. The summed E-state index contributed by atoms with van der Waals surface area (Å²) in [5.74, 6) is -1.29. The first-order valence-electron chi connectivity index (χ1n) is 7.44. The van der Waals surface area contributed by atoms with Crippen molar-refractivity contribution >= 4 is 5.95 Å². The predicted molar refractivity (Wildman–Crippen MR) is 85.3 cm³/mol. The van der Waals surface area contributed by atoms with Gasteiger partial charge < -0.3 is 5.32 Å². The van der Waals surface area contributed by atoms with Crippen molar-refractivity contribution < 1.29 is 8.78 Å². The zero-order valence-corrected chi connectivity index (χ0v) is 13.8. The summed E-state index contributed by atoms with van der Waals surface area (Å²) >= 11 is 0. The molecule has 3 aromatic rings. The van der Waals surface area contributed by atoms with Gasteiger partial charge in [0.05, 0.1) is 13.1 Å². The van der Waals surface area contributed by atoms with Crippen LogP contribution in [0.1, 0.15) is 11.3 Å². The van der Waals surface area contributed by atoms with Gasteiger partial charge in [0.2, 0.25) is 5.95 Å². The Kier molecular flexibility index (Phi) is 4.56. The Morgan fingerprint density at radius 3 is 2.58 bits per heavy atom. The Morgan fingerprint density at radius 2 is 1.92 bits per heavy atom. The van der Waals surface area contributed by atoms with Crippen molar-refractivity contribution in [3.63, 3.8) is 0 Å². The molecule has 3 rings (SSSR count). The van der Waals surface area contributed by atoms with E-state index in [0.29, 0.717) is 12.0 Å². The zero-order chi connectivity index (χ0) is 18.8. The number of nitrogens with one attached hydrogen (secondary N) is 1. The number of halogens is 2. The van der Waals surface area contributed by atoms with E-state index >= 15 is 0 Å². The van der Waals surface area contributed by atoms with E-state index in [1.807, 2.05) is 0 Å².